The Morgan fingerprint density at radius 1 is 0.931 bits per heavy atom. The molecule has 4 aromatic rings. The molecule has 0 spiro atoms. The molecule has 5 heteroatoms. The Kier molecular flexibility index (Phi) is 5.65. The molecular formula is C24H24ClN3O. The lowest BCUT2D eigenvalue weighted by Gasteiger charge is -2.36. The van der Waals surface area contributed by atoms with Crippen molar-refractivity contribution in [3.05, 3.63) is 84.3 Å². The number of fused-ring (bicyclic) bond motifs is 1. The Morgan fingerprint density at radius 2 is 1.66 bits per heavy atom. The second kappa shape index (κ2) is 8.36. The van der Waals surface area contributed by atoms with Crippen molar-refractivity contribution in [1.82, 2.24) is 15.5 Å². The van der Waals surface area contributed by atoms with E-state index in [4.69, 9.17) is 4.52 Å². The molecule has 1 atom stereocenters. The van der Waals surface area contributed by atoms with Gasteiger partial charge in [0.05, 0.1) is 0 Å². The number of aromatic nitrogens is 2. The predicted octanol–water partition coefficient (Wildman–Crippen LogP) is 5.91. The maximum absolute atomic E-state index is 5.53. The average Bonchev–Trinajstić information content (AvgIpc) is 3.20. The molecule has 1 N–H and O–H groups in total. The van der Waals surface area contributed by atoms with Crippen LogP contribution in [0.1, 0.15) is 43.2 Å². The van der Waals surface area contributed by atoms with Crippen LogP contribution in [0.4, 0.5) is 0 Å². The number of nitrogens with zero attached hydrogens (tertiary/aromatic N) is 2. The summed E-state index contributed by atoms with van der Waals surface area (Å²) in [6, 6.07) is 25.9. The lowest BCUT2D eigenvalue weighted by Crippen LogP contribution is -2.41. The van der Waals surface area contributed by atoms with E-state index in [9.17, 15) is 0 Å². The van der Waals surface area contributed by atoms with Gasteiger partial charge in [-0.2, -0.15) is 4.98 Å². The summed E-state index contributed by atoms with van der Waals surface area (Å²) in [5, 5.41) is 10.5. The van der Waals surface area contributed by atoms with Gasteiger partial charge in [0.15, 0.2) is 0 Å². The van der Waals surface area contributed by atoms with E-state index in [1.807, 2.05) is 30.3 Å². The monoisotopic (exact) mass is 405 g/mol. The second-order valence-electron chi connectivity index (χ2n) is 7.64. The van der Waals surface area contributed by atoms with Gasteiger partial charge in [-0.15, -0.1) is 12.4 Å². The van der Waals surface area contributed by atoms with Crippen LogP contribution in [-0.2, 0) is 0 Å². The summed E-state index contributed by atoms with van der Waals surface area (Å²) in [4.78, 5) is 4.61. The van der Waals surface area contributed by atoms with Gasteiger partial charge in [0.2, 0.25) is 11.7 Å². The van der Waals surface area contributed by atoms with Crippen molar-refractivity contribution < 1.29 is 4.52 Å². The van der Waals surface area contributed by atoms with Crippen LogP contribution in [0.25, 0.3) is 22.2 Å². The summed E-state index contributed by atoms with van der Waals surface area (Å²) in [7, 11) is 0. The third kappa shape index (κ3) is 3.91. The lowest BCUT2D eigenvalue weighted by molar-refractivity contribution is 0.223. The summed E-state index contributed by atoms with van der Waals surface area (Å²) < 4.78 is 5.53. The van der Waals surface area contributed by atoms with Crippen molar-refractivity contribution in [3.8, 4) is 11.4 Å². The maximum atomic E-state index is 5.53. The zero-order valence-electron chi connectivity index (χ0n) is 16.3. The van der Waals surface area contributed by atoms with E-state index in [1.54, 1.807) is 0 Å². The molecule has 1 aliphatic carbocycles. The molecular weight excluding hydrogens is 382 g/mol. The third-order valence-corrected chi connectivity index (χ3v) is 5.74. The Morgan fingerprint density at radius 3 is 2.48 bits per heavy atom. The van der Waals surface area contributed by atoms with Crippen molar-refractivity contribution in [1.29, 1.82) is 0 Å². The number of rotatable bonds is 5. The molecule has 1 saturated carbocycles. The number of nitrogens with one attached hydrogen (secondary N) is 1. The molecule has 0 radical (unpaired) electrons. The van der Waals surface area contributed by atoms with E-state index in [-0.39, 0.29) is 12.4 Å². The maximum Gasteiger partial charge on any atom is 0.230 e. The molecule has 3 aromatic carbocycles. The molecule has 4 nitrogen and oxygen atoms in total. The molecule has 1 aliphatic rings. The number of halogens is 1. The minimum Gasteiger partial charge on any atom is -0.339 e. The van der Waals surface area contributed by atoms with Crippen LogP contribution in [0, 0.1) is 0 Å². The highest BCUT2D eigenvalue weighted by molar-refractivity contribution is 5.86. The van der Waals surface area contributed by atoms with Crippen LogP contribution in [0.5, 0.6) is 0 Å². The Labute approximate surface area is 176 Å². The van der Waals surface area contributed by atoms with Gasteiger partial charge >= 0.3 is 0 Å². The summed E-state index contributed by atoms with van der Waals surface area (Å²) in [6.07, 6.45) is 2.07. The molecule has 1 fully saturated rings. The van der Waals surface area contributed by atoms with Crippen LogP contribution in [-0.4, -0.2) is 16.2 Å². The second-order valence-corrected chi connectivity index (χ2v) is 7.64. The standard InChI is InChI=1S/C24H23N3O.ClH/c1-16(21-13-7-11-17-8-5-6-12-22(17)21)25-20-14-19(15-20)24-26-23(27-28-24)18-9-3-2-4-10-18;/h2-13,16,19-20,25H,14-15H2,1H3;1H/t16-,19?,20?;/m1./s1. The highest BCUT2D eigenvalue weighted by Gasteiger charge is 2.35. The van der Waals surface area contributed by atoms with Crippen LogP contribution in [0.2, 0.25) is 0 Å². The van der Waals surface area contributed by atoms with Gasteiger partial charge in [-0.1, -0.05) is 78.0 Å². The van der Waals surface area contributed by atoms with Crippen LogP contribution in [0.15, 0.2) is 77.3 Å². The van der Waals surface area contributed by atoms with E-state index >= 15 is 0 Å². The van der Waals surface area contributed by atoms with Crippen molar-refractivity contribution in [2.24, 2.45) is 0 Å². The predicted molar refractivity (Wildman–Crippen MR) is 118 cm³/mol. The third-order valence-electron chi connectivity index (χ3n) is 5.74. The number of hydrogen-bond acceptors (Lipinski definition) is 4. The summed E-state index contributed by atoms with van der Waals surface area (Å²) in [5.41, 5.74) is 2.35. The normalized spacial score (nSPS) is 19.3. The number of benzene rings is 3. The Hall–Kier alpha value is -2.69. The van der Waals surface area contributed by atoms with Gasteiger partial charge < -0.3 is 9.84 Å². The summed E-state index contributed by atoms with van der Waals surface area (Å²) >= 11 is 0. The first-order valence-corrected chi connectivity index (χ1v) is 9.90. The Balaban J connectivity index is 0.00000205. The quantitative estimate of drug-likeness (QED) is 0.448. The van der Waals surface area contributed by atoms with Gasteiger partial charge in [0.25, 0.3) is 0 Å². The molecule has 1 heterocycles. The minimum atomic E-state index is 0. The SMILES string of the molecule is C[C@@H](NC1CC(c2nc(-c3ccccc3)no2)C1)c1cccc2ccccc12.Cl. The van der Waals surface area contributed by atoms with Crippen LogP contribution in [0.3, 0.4) is 0 Å². The van der Waals surface area contributed by atoms with E-state index in [0.717, 1.165) is 24.3 Å². The molecule has 29 heavy (non-hydrogen) atoms. The topological polar surface area (TPSA) is 51.0 Å². The van der Waals surface area contributed by atoms with Gasteiger partial charge in [0.1, 0.15) is 0 Å². The summed E-state index contributed by atoms with van der Waals surface area (Å²) in [6.45, 7) is 2.25. The summed E-state index contributed by atoms with van der Waals surface area (Å²) in [5.74, 6) is 1.79. The van der Waals surface area contributed by atoms with Crippen molar-refractivity contribution in [2.45, 2.75) is 37.8 Å². The van der Waals surface area contributed by atoms with E-state index in [0.29, 0.717) is 23.8 Å². The molecule has 0 unspecified atom stereocenters. The first-order valence-electron chi connectivity index (χ1n) is 9.90. The van der Waals surface area contributed by atoms with Gasteiger partial charge in [-0.3, -0.25) is 0 Å². The van der Waals surface area contributed by atoms with E-state index < -0.39 is 0 Å². The smallest absolute Gasteiger partial charge is 0.230 e. The van der Waals surface area contributed by atoms with Gasteiger partial charge in [0, 0.05) is 23.6 Å². The zero-order valence-corrected chi connectivity index (χ0v) is 17.1. The molecule has 0 amide bonds. The van der Waals surface area contributed by atoms with E-state index in [2.05, 4.69) is 64.8 Å². The zero-order chi connectivity index (χ0) is 18.9. The first kappa shape index (κ1) is 19.6. The van der Waals surface area contributed by atoms with Crippen molar-refractivity contribution in [2.75, 3.05) is 0 Å². The van der Waals surface area contributed by atoms with Crippen molar-refractivity contribution in [3.63, 3.8) is 0 Å². The van der Waals surface area contributed by atoms with Crippen LogP contribution >= 0.6 is 12.4 Å². The Bertz CT molecular complexity index is 1080. The fourth-order valence-electron chi connectivity index (χ4n) is 4.13. The molecule has 0 bridgehead atoms. The number of hydrogen-bond donors (Lipinski definition) is 1. The molecule has 1 aromatic heterocycles. The fourth-order valence-corrected chi connectivity index (χ4v) is 4.13. The molecule has 0 saturated heterocycles. The highest BCUT2D eigenvalue weighted by atomic mass is 35.5. The van der Waals surface area contributed by atoms with Gasteiger partial charge in [-0.05, 0) is 36.1 Å². The highest BCUT2D eigenvalue weighted by Crippen LogP contribution is 2.38. The molecule has 0 aliphatic heterocycles. The molecule has 5 rings (SSSR count). The minimum absolute atomic E-state index is 0. The van der Waals surface area contributed by atoms with Crippen LogP contribution < -0.4 is 5.32 Å². The molecule has 148 valence electrons. The average molecular weight is 406 g/mol. The van der Waals surface area contributed by atoms with E-state index in [1.165, 1.54) is 16.3 Å². The first-order chi connectivity index (χ1) is 13.8. The van der Waals surface area contributed by atoms with Crippen molar-refractivity contribution >= 4 is 23.2 Å². The largest absolute Gasteiger partial charge is 0.339 e. The lowest BCUT2D eigenvalue weighted by atomic mass is 9.79. The van der Waals surface area contributed by atoms with Gasteiger partial charge in [-0.25, -0.2) is 0 Å². The fraction of sp³-hybridized carbons (Fsp3) is 0.250.